The Labute approximate surface area is 179 Å². The van der Waals surface area contributed by atoms with Gasteiger partial charge >= 0.3 is 0 Å². The zero-order valence-corrected chi connectivity index (χ0v) is 18.3. The van der Waals surface area contributed by atoms with Gasteiger partial charge in [-0.15, -0.1) is 0 Å². The molecule has 31 heavy (non-hydrogen) atoms. The van der Waals surface area contributed by atoms with E-state index < -0.39 is 21.7 Å². The maximum Gasteiger partial charge on any atom is 0.232 e. The Balaban J connectivity index is 2.20. The maximum atomic E-state index is 14.2. The molecule has 0 aliphatic heterocycles. The molecule has 1 heterocycles. The average molecular weight is 448 g/mol. The SMILES string of the molecule is CCS(=O)(=O)Nc1cc(-c2cc(C)[n+]([O-])c(C)c2)c(Oc2ccc(F)cc2F)cc1C. The van der Waals surface area contributed by atoms with Gasteiger partial charge < -0.3 is 9.94 Å². The first-order valence-corrected chi connectivity index (χ1v) is 11.1. The normalized spacial score (nSPS) is 11.4. The van der Waals surface area contributed by atoms with Crippen LogP contribution < -0.4 is 14.2 Å². The van der Waals surface area contributed by atoms with Gasteiger partial charge in [0.2, 0.25) is 10.0 Å². The average Bonchev–Trinajstić information content (AvgIpc) is 2.69. The van der Waals surface area contributed by atoms with Crippen molar-refractivity contribution in [3.8, 4) is 22.6 Å². The number of nitrogens with zero attached hydrogens (tertiary/aromatic N) is 1. The number of hydrogen-bond donors (Lipinski definition) is 1. The molecule has 1 aromatic heterocycles. The lowest BCUT2D eigenvalue weighted by Crippen LogP contribution is -2.33. The molecule has 0 aliphatic carbocycles. The summed E-state index contributed by atoms with van der Waals surface area (Å²) in [6.45, 7) is 6.47. The van der Waals surface area contributed by atoms with Crippen molar-refractivity contribution < 1.29 is 26.7 Å². The number of ether oxygens (including phenoxy) is 1. The van der Waals surface area contributed by atoms with E-state index in [1.807, 2.05) is 0 Å². The van der Waals surface area contributed by atoms with Gasteiger partial charge in [0.1, 0.15) is 11.6 Å². The number of nitrogens with one attached hydrogen (secondary N) is 1. The Morgan fingerprint density at radius 3 is 2.23 bits per heavy atom. The van der Waals surface area contributed by atoms with Gasteiger partial charge in [0.25, 0.3) is 0 Å². The van der Waals surface area contributed by atoms with Crippen LogP contribution in [-0.2, 0) is 10.0 Å². The van der Waals surface area contributed by atoms with Gasteiger partial charge in [-0.3, -0.25) is 4.72 Å². The van der Waals surface area contributed by atoms with Crippen molar-refractivity contribution >= 4 is 15.7 Å². The molecule has 0 saturated carbocycles. The molecule has 0 saturated heterocycles. The predicted molar refractivity (Wildman–Crippen MR) is 115 cm³/mol. The first-order chi connectivity index (χ1) is 14.5. The topological polar surface area (TPSA) is 82.3 Å². The fourth-order valence-electron chi connectivity index (χ4n) is 3.06. The molecule has 0 aliphatic rings. The summed E-state index contributed by atoms with van der Waals surface area (Å²) in [6, 6.07) is 9.34. The van der Waals surface area contributed by atoms with Crippen LogP contribution in [0.3, 0.4) is 0 Å². The van der Waals surface area contributed by atoms with Crippen LogP contribution in [0.15, 0.2) is 42.5 Å². The zero-order chi connectivity index (χ0) is 22.9. The number of anilines is 1. The van der Waals surface area contributed by atoms with E-state index in [0.29, 0.717) is 39.8 Å². The van der Waals surface area contributed by atoms with Gasteiger partial charge in [0.05, 0.1) is 11.4 Å². The molecule has 3 aromatic rings. The molecule has 0 bridgehead atoms. The standard InChI is InChI=1S/C22H22F2N2O4S/c1-5-31(28,29)25-20-12-18(16-9-14(3)26(27)15(4)10-16)22(8-13(20)2)30-21-7-6-17(23)11-19(21)24/h6-12,25H,5H2,1-4H3. The molecule has 0 amide bonds. The molecular formula is C22H22F2N2O4S. The summed E-state index contributed by atoms with van der Waals surface area (Å²) in [5, 5.41) is 12.1. The second-order valence-corrected chi connectivity index (χ2v) is 9.18. The molecule has 0 unspecified atom stereocenters. The molecule has 1 N–H and O–H groups in total. The molecule has 0 fully saturated rings. The largest absolute Gasteiger partial charge is 0.618 e. The molecule has 0 atom stereocenters. The predicted octanol–water partition coefficient (Wildman–Crippen LogP) is 4.74. The van der Waals surface area contributed by atoms with Crippen LogP contribution in [0.5, 0.6) is 11.5 Å². The minimum absolute atomic E-state index is 0.111. The lowest BCUT2D eigenvalue weighted by atomic mass is 10.0. The van der Waals surface area contributed by atoms with Crippen molar-refractivity contribution in [1.82, 2.24) is 0 Å². The second-order valence-electron chi connectivity index (χ2n) is 7.17. The van der Waals surface area contributed by atoms with Crippen LogP contribution >= 0.6 is 0 Å². The first-order valence-electron chi connectivity index (χ1n) is 9.50. The molecule has 2 aromatic carbocycles. The minimum Gasteiger partial charge on any atom is -0.618 e. The summed E-state index contributed by atoms with van der Waals surface area (Å²) in [4.78, 5) is 0. The Hall–Kier alpha value is -3.20. The highest BCUT2D eigenvalue weighted by Crippen LogP contribution is 2.38. The highest BCUT2D eigenvalue weighted by molar-refractivity contribution is 7.92. The van der Waals surface area contributed by atoms with E-state index in [1.54, 1.807) is 45.0 Å². The molecule has 3 rings (SSSR count). The Bertz CT molecular complexity index is 1240. The third-order valence-corrected chi connectivity index (χ3v) is 6.06. The van der Waals surface area contributed by atoms with Crippen molar-refractivity contribution in [3.05, 3.63) is 76.3 Å². The van der Waals surface area contributed by atoms with E-state index in [0.717, 1.165) is 10.8 Å². The maximum absolute atomic E-state index is 14.2. The van der Waals surface area contributed by atoms with Gasteiger partial charge in [0, 0.05) is 37.6 Å². The van der Waals surface area contributed by atoms with Gasteiger partial charge in [0.15, 0.2) is 23.0 Å². The van der Waals surface area contributed by atoms with Crippen LogP contribution in [0, 0.1) is 37.6 Å². The number of sulfonamides is 1. The summed E-state index contributed by atoms with van der Waals surface area (Å²) in [6.07, 6.45) is 0. The van der Waals surface area contributed by atoms with E-state index in [9.17, 15) is 22.4 Å². The Morgan fingerprint density at radius 2 is 1.65 bits per heavy atom. The summed E-state index contributed by atoms with van der Waals surface area (Å²) >= 11 is 0. The summed E-state index contributed by atoms with van der Waals surface area (Å²) in [7, 11) is -3.55. The fraction of sp³-hybridized carbons (Fsp3) is 0.227. The van der Waals surface area contributed by atoms with Gasteiger partial charge in [-0.2, -0.15) is 4.73 Å². The van der Waals surface area contributed by atoms with E-state index in [4.69, 9.17) is 4.74 Å². The van der Waals surface area contributed by atoms with Crippen LogP contribution in [-0.4, -0.2) is 14.2 Å². The van der Waals surface area contributed by atoms with E-state index in [2.05, 4.69) is 4.72 Å². The van der Waals surface area contributed by atoms with Crippen molar-refractivity contribution in [2.75, 3.05) is 10.5 Å². The Kier molecular flexibility index (Phi) is 6.17. The van der Waals surface area contributed by atoms with Crippen LogP contribution in [0.1, 0.15) is 23.9 Å². The van der Waals surface area contributed by atoms with Crippen molar-refractivity contribution in [1.29, 1.82) is 0 Å². The van der Waals surface area contributed by atoms with Crippen molar-refractivity contribution in [2.24, 2.45) is 0 Å². The second kappa shape index (κ2) is 8.50. The third kappa shape index (κ3) is 4.93. The number of rotatable bonds is 6. The van der Waals surface area contributed by atoms with Gasteiger partial charge in [-0.05, 0) is 49.2 Å². The van der Waals surface area contributed by atoms with Crippen LogP contribution in [0.25, 0.3) is 11.1 Å². The summed E-state index contributed by atoms with van der Waals surface area (Å²) in [5.74, 6) is -1.69. The smallest absolute Gasteiger partial charge is 0.232 e. The molecule has 0 radical (unpaired) electrons. The zero-order valence-electron chi connectivity index (χ0n) is 17.5. The molecular weight excluding hydrogens is 426 g/mol. The number of halogens is 2. The lowest BCUT2D eigenvalue weighted by Gasteiger charge is -2.17. The van der Waals surface area contributed by atoms with E-state index in [-0.39, 0.29) is 17.3 Å². The number of benzene rings is 2. The Morgan fingerprint density at radius 1 is 1.00 bits per heavy atom. The van der Waals surface area contributed by atoms with Crippen LogP contribution in [0.2, 0.25) is 0 Å². The quantitative estimate of drug-likeness (QED) is 0.436. The number of hydrogen-bond acceptors (Lipinski definition) is 4. The monoisotopic (exact) mass is 448 g/mol. The lowest BCUT2D eigenvalue weighted by molar-refractivity contribution is -0.619. The fourth-order valence-corrected chi connectivity index (χ4v) is 3.76. The van der Waals surface area contributed by atoms with Gasteiger partial charge in [-0.1, -0.05) is 0 Å². The summed E-state index contributed by atoms with van der Waals surface area (Å²) in [5.41, 5.74) is 2.74. The highest BCUT2D eigenvalue weighted by atomic mass is 32.2. The van der Waals surface area contributed by atoms with Gasteiger partial charge in [-0.25, -0.2) is 17.2 Å². The molecule has 164 valence electrons. The first kappa shape index (κ1) is 22.5. The number of aromatic nitrogens is 1. The van der Waals surface area contributed by atoms with E-state index in [1.165, 1.54) is 13.0 Å². The minimum atomic E-state index is -3.55. The molecule has 6 nitrogen and oxygen atoms in total. The van der Waals surface area contributed by atoms with Crippen molar-refractivity contribution in [3.63, 3.8) is 0 Å². The van der Waals surface area contributed by atoms with E-state index >= 15 is 0 Å². The number of pyridine rings is 1. The van der Waals surface area contributed by atoms with Crippen molar-refractivity contribution in [2.45, 2.75) is 27.7 Å². The third-order valence-electron chi connectivity index (χ3n) is 4.77. The molecule has 0 spiro atoms. The molecule has 9 heteroatoms. The number of aryl methyl sites for hydroxylation is 3. The summed E-state index contributed by atoms with van der Waals surface area (Å²) < 4.78 is 60.7. The highest BCUT2D eigenvalue weighted by Gasteiger charge is 2.19. The van der Waals surface area contributed by atoms with Crippen LogP contribution in [0.4, 0.5) is 14.5 Å².